The third-order valence-electron chi connectivity index (χ3n) is 5.93. The zero-order chi connectivity index (χ0) is 24.2. The molecule has 2 amide bonds. The molecule has 8 nitrogen and oxygen atoms in total. The Balaban J connectivity index is 1.51. The van der Waals surface area contributed by atoms with Crippen LogP contribution in [0.2, 0.25) is 0 Å². The van der Waals surface area contributed by atoms with Crippen molar-refractivity contribution in [2.45, 2.75) is 39.4 Å². The monoisotopic (exact) mass is 481 g/mol. The maximum Gasteiger partial charge on any atom is 0.274 e. The number of hydrogen-bond acceptors (Lipinski definition) is 6. The van der Waals surface area contributed by atoms with E-state index in [0.717, 1.165) is 54.5 Å². The van der Waals surface area contributed by atoms with E-state index in [1.54, 1.807) is 37.4 Å². The Kier molecular flexibility index (Phi) is 7.33. The smallest absolute Gasteiger partial charge is 0.274 e. The molecule has 1 aromatic carbocycles. The molecule has 3 heterocycles. The maximum atomic E-state index is 12.9. The highest BCUT2D eigenvalue weighted by molar-refractivity contribution is 7.16. The molecule has 0 atom stereocenters. The first-order valence-corrected chi connectivity index (χ1v) is 12.2. The highest BCUT2D eigenvalue weighted by atomic mass is 32.1. The number of aryl methyl sites for hydroxylation is 2. The van der Waals surface area contributed by atoms with E-state index in [-0.39, 0.29) is 11.8 Å². The van der Waals surface area contributed by atoms with Crippen molar-refractivity contribution in [1.82, 2.24) is 19.6 Å². The summed E-state index contributed by atoms with van der Waals surface area (Å²) < 4.78 is 7.27. The van der Waals surface area contributed by atoms with E-state index in [2.05, 4.69) is 28.4 Å². The molecule has 0 aliphatic carbocycles. The van der Waals surface area contributed by atoms with Crippen LogP contribution in [0.3, 0.4) is 0 Å². The number of fused-ring (bicyclic) bond motifs is 1. The average molecular weight is 482 g/mol. The summed E-state index contributed by atoms with van der Waals surface area (Å²) in [5.41, 5.74) is 3.93. The zero-order valence-electron chi connectivity index (χ0n) is 20.1. The first-order valence-electron chi connectivity index (χ1n) is 11.4. The van der Waals surface area contributed by atoms with Gasteiger partial charge < -0.3 is 15.0 Å². The topological polar surface area (TPSA) is 79.7 Å². The molecular formula is C25H31N5O3S. The fraction of sp³-hybridized carbons (Fsp3) is 0.400. The molecule has 0 unspecified atom stereocenters. The van der Waals surface area contributed by atoms with Crippen LogP contribution in [-0.2, 0) is 37.3 Å². The Morgan fingerprint density at radius 2 is 1.94 bits per heavy atom. The van der Waals surface area contributed by atoms with Crippen LogP contribution in [-0.4, -0.2) is 59.1 Å². The van der Waals surface area contributed by atoms with Crippen LogP contribution in [0, 0.1) is 0 Å². The second kappa shape index (κ2) is 10.4. The number of nitrogens with one attached hydrogen (secondary N) is 1. The quantitative estimate of drug-likeness (QED) is 0.533. The minimum atomic E-state index is -0.0649. The number of rotatable bonds is 8. The highest BCUT2D eigenvalue weighted by Gasteiger charge is 2.29. The highest BCUT2D eigenvalue weighted by Crippen LogP contribution is 2.28. The van der Waals surface area contributed by atoms with Crippen LogP contribution < -0.4 is 10.1 Å². The number of aromatic nitrogens is 2. The summed E-state index contributed by atoms with van der Waals surface area (Å²) in [5, 5.41) is 8.47. The van der Waals surface area contributed by atoms with E-state index >= 15 is 0 Å². The number of carbonyl (C=O) groups excluding carboxylic acids is 2. The minimum absolute atomic E-state index is 0.0645. The van der Waals surface area contributed by atoms with Crippen molar-refractivity contribution < 1.29 is 14.3 Å². The Hall–Kier alpha value is -3.17. The summed E-state index contributed by atoms with van der Waals surface area (Å²) in [7, 11) is 5.19. The van der Waals surface area contributed by atoms with Gasteiger partial charge in [-0.05, 0) is 36.2 Å². The lowest BCUT2D eigenvalue weighted by Gasteiger charge is -2.27. The standard InChI is InChI=1S/C25H31N5O3S/c1-17(31)26-23-10-9-20(34-23)15-29-13-12-22-21(16-29)24(25(32)28(2)3)27-30(22)14-11-18-5-7-19(33-4)8-6-18/h5-10H,11-16H2,1-4H3,(H,26,31). The maximum absolute atomic E-state index is 12.9. The second-order valence-corrected chi connectivity index (χ2v) is 9.87. The predicted octanol–water partition coefficient (Wildman–Crippen LogP) is 3.41. The number of anilines is 1. The first-order chi connectivity index (χ1) is 16.3. The lowest BCUT2D eigenvalue weighted by Crippen LogP contribution is -2.32. The summed E-state index contributed by atoms with van der Waals surface area (Å²) >= 11 is 1.59. The predicted molar refractivity (Wildman–Crippen MR) is 133 cm³/mol. The molecule has 0 fully saturated rings. The third kappa shape index (κ3) is 5.48. The summed E-state index contributed by atoms with van der Waals surface area (Å²) in [6, 6.07) is 12.1. The second-order valence-electron chi connectivity index (χ2n) is 8.70. The molecule has 4 rings (SSSR count). The molecule has 2 aromatic heterocycles. The number of hydrogen-bond donors (Lipinski definition) is 1. The number of methoxy groups -OCH3 is 1. The molecule has 9 heteroatoms. The first kappa shape index (κ1) is 24.0. The van der Waals surface area contributed by atoms with E-state index < -0.39 is 0 Å². The van der Waals surface area contributed by atoms with Gasteiger partial charge in [0.1, 0.15) is 5.75 Å². The number of amides is 2. The molecule has 0 bridgehead atoms. The normalized spacial score (nSPS) is 13.4. The molecule has 0 spiro atoms. The van der Waals surface area contributed by atoms with Crippen molar-refractivity contribution in [1.29, 1.82) is 0 Å². The van der Waals surface area contributed by atoms with Crippen LogP contribution in [0.1, 0.15) is 39.1 Å². The van der Waals surface area contributed by atoms with Crippen molar-refractivity contribution in [3.63, 3.8) is 0 Å². The van der Waals surface area contributed by atoms with Crippen LogP contribution in [0.5, 0.6) is 5.75 Å². The van der Waals surface area contributed by atoms with Crippen LogP contribution in [0.25, 0.3) is 0 Å². The summed E-state index contributed by atoms with van der Waals surface area (Å²) in [5.74, 6) is 0.712. The lowest BCUT2D eigenvalue weighted by molar-refractivity contribution is -0.114. The SMILES string of the molecule is COc1ccc(CCn2nc(C(=O)N(C)C)c3c2CCN(Cc2ccc(NC(C)=O)s2)C3)cc1. The van der Waals surface area contributed by atoms with Gasteiger partial charge in [-0.15, -0.1) is 11.3 Å². The van der Waals surface area contributed by atoms with Gasteiger partial charge in [0.15, 0.2) is 5.69 Å². The summed E-state index contributed by atoms with van der Waals surface area (Å²) in [4.78, 5) is 29.4. The Morgan fingerprint density at radius 3 is 2.62 bits per heavy atom. The van der Waals surface area contributed by atoms with Crippen molar-refractivity contribution in [2.75, 3.05) is 33.1 Å². The van der Waals surface area contributed by atoms with Gasteiger partial charge >= 0.3 is 0 Å². The number of nitrogens with zero attached hydrogens (tertiary/aromatic N) is 4. The Labute approximate surface area is 204 Å². The Bertz CT molecular complexity index is 1170. The van der Waals surface area contributed by atoms with Gasteiger partial charge in [-0.1, -0.05) is 12.1 Å². The molecule has 180 valence electrons. The lowest BCUT2D eigenvalue weighted by atomic mass is 10.0. The van der Waals surface area contributed by atoms with Crippen LogP contribution in [0.15, 0.2) is 36.4 Å². The fourth-order valence-corrected chi connectivity index (χ4v) is 5.20. The van der Waals surface area contributed by atoms with Crippen LogP contribution in [0.4, 0.5) is 5.00 Å². The number of ether oxygens (including phenoxy) is 1. The summed E-state index contributed by atoms with van der Waals surface area (Å²) in [6.45, 7) is 4.59. The average Bonchev–Trinajstić information content (AvgIpc) is 3.40. The molecule has 0 saturated carbocycles. The molecule has 34 heavy (non-hydrogen) atoms. The van der Waals surface area contributed by atoms with Crippen molar-refractivity contribution in [2.24, 2.45) is 0 Å². The van der Waals surface area contributed by atoms with E-state index in [1.807, 2.05) is 22.9 Å². The van der Waals surface area contributed by atoms with Gasteiger partial charge in [-0.2, -0.15) is 5.10 Å². The van der Waals surface area contributed by atoms with Gasteiger partial charge in [0.05, 0.1) is 12.1 Å². The molecule has 1 N–H and O–H groups in total. The molecule has 0 radical (unpaired) electrons. The Morgan fingerprint density at radius 1 is 1.18 bits per heavy atom. The molecule has 1 aliphatic heterocycles. The third-order valence-corrected chi connectivity index (χ3v) is 6.92. The van der Waals surface area contributed by atoms with E-state index in [9.17, 15) is 9.59 Å². The number of benzene rings is 1. The largest absolute Gasteiger partial charge is 0.497 e. The van der Waals surface area contributed by atoms with Crippen molar-refractivity contribution in [3.05, 3.63) is 63.8 Å². The van der Waals surface area contributed by atoms with Gasteiger partial charge in [0.2, 0.25) is 5.91 Å². The fourth-order valence-electron chi connectivity index (χ4n) is 4.20. The van der Waals surface area contributed by atoms with Crippen LogP contribution >= 0.6 is 11.3 Å². The van der Waals surface area contributed by atoms with Gasteiger partial charge in [-0.25, -0.2) is 0 Å². The molecule has 3 aromatic rings. The van der Waals surface area contributed by atoms with Gasteiger partial charge in [0.25, 0.3) is 5.91 Å². The van der Waals surface area contributed by atoms with Crippen molar-refractivity contribution >= 4 is 28.2 Å². The number of thiophene rings is 1. The zero-order valence-corrected chi connectivity index (χ0v) is 20.9. The van der Waals surface area contributed by atoms with E-state index in [4.69, 9.17) is 9.84 Å². The number of carbonyl (C=O) groups is 2. The van der Waals surface area contributed by atoms with E-state index in [0.29, 0.717) is 12.2 Å². The van der Waals surface area contributed by atoms with Gasteiger partial charge in [0, 0.05) is 69.8 Å². The summed E-state index contributed by atoms with van der Waals surface area (Å²) in [6.07, 6.45) is 1.67. The molecule has 1 aliphatic rings. The van der Waals surface area contributed by atoms with Gasteiger partial charge in [-0.3, -0.25) is 19.2 Å². The minimum Gasteiger partial charge on any atom is -0.497 e. The molecular weight excluding hydrogens is 450 g/mol. The molecule has 0 saturated heterocycles. The van der Waals surface area contributed by atoms with Crippen molar-refractivity contribution in [3.8, 4) is 5.75 Å². The van der Waals surface area contributed by atoms with E-state index in [1.165, 1.54) is 17.4 Å².